The predicted molar refractivity (Wildman–Crippen MR) is 64.3 cm³/mol. The van der Waals surface area contributed by atoms with Gasteiger partial charge in [-0.05, 0) is 45.2 Å². The lowest BCUT2D eigenvalue weighted by Gasteiger charge is -2.22. The Balaban J connectivity index is 2.02. The van der Waals surface area contributed by atoms with E-state index >= 15 is 0 Å². The molecule has 2 rings (SSSR count). The molecule has 1 aromatic rings. The van der Waals surface area contributed by atoms with Crippen molar-refractivity contribution in [2.45, 2.75) is 46.1 Å². The number of nitrogens with one attached hydrogen (secondary N) is 1. The van der Waals surface area contributed by atoms with Gasteiger partial charge in [-0.15, -0.1) is 10.2 Å². The lowest BCUT2D eigenvalue weighted by atomic mass is 9.96. The highest BCUT2D eigenvalue weighted by atomic mass is 15.3. The quantitative estimate of drug-likeness (QED) is 0.840. The van der Waals surface area contributed by atoms with Crippen LogP contribution in [0.15, 0.2) is 0 Å². The number of nitrogens with zero attached hydrogens (tertiary/aromatic N) is 3. The molecule has 1 aliphatic rings. The fraction of sp³-hybridized carbons (Fsp3) is 0.833. The van der Waals surface area contributed by atoms with Crippen LogP contribution >= 0.6 is 0 Å². The number of aromatic nitrogens is 3. The summed E-state index contributed by atoms with van der Waals surface area (Å²) in [6.07, 6.45) is 4.85. The van der Waals surface area contributed by atoms with E-state index in [1.54, 1.807) is 0 Å². The number of hydrogen-bond acceptors (Lipinski definition) is 3. The van der Waals surface area contributed by atoms with Crippen LogP contribution in [-0.2, 0) is 13.0 Å². The van der Waals surface area contributed by atoms with Crippen LogP contribution in [0.4, 0.5) is 0 Å². The molecule has 0 amide bonds. The molecule has 2 heterocycles. The molecule has 0 radical (unpaired) electrons. The zero-order valence-corrected chi connectivity index (χ0v) is 10.4. The van der Waals surface area contributed by atoms with Crippen LogP contribution in [0.25, 0.3) is 0 Å². The van der Waals surface area contributed by atoms with Crippen LogP contribution in [0.2, 0.25) is 0 Å². The molecule has 4 nitrogen and oxygen atoms in total. The lowest BCUT2D eigenvalue weighted by Crippen LogP contribution is -2.31. The number of rotatable bonds is 4. The van der Waals surface area contributed by atoms with Crippen molar-refractivity contribution in [3.63, 3.8) is 0 Å². The van der Waals surface area contributed by atoms with Gasteiger partial charge in [0.2, 0.25) is 0 Å². The van der Waals surface area contributed by atoms with E-state index in [-0.39, 0.29) is 0 Å². The molecule has 16 heavy (non-hydrogen) atoms. The van der Waals surface area contributed by atoms with Gasteiger partial charge < -0.3 is 9.88 Å². The first kappa shape index (κ1) is 11.6. The van der Waals surface area contributed by atoms with E-state index in [1.165, 1.54) is 25.2 Å². The van der Waals surface area contributed by atoms with E-state index in [1.807, 2.05) is 6.92 Å². The summed E-state index contributed by atoms with van der Waals surface area (Å²) < 4.78 is 2.27. The van der Waals surface area contributed by atoms with E-state index in [0.29, 0.717) is 0 Å². The monoisotopic (exact) mass is 222 g/mol. The summed E-state index contributed by atoms with van der Waals surface area (Å²) in [5, 5.41) is 12.0. The average Bonchev–Trinajstić information content (AvgIpc) is 2.64. The van der Waals surface area contributed by atoms with E-state index in [9.17, 15) is 0 Å². The van der Waals surface area contributed by atoms with E-state index in [2.05, 4.69) is 27.0 Å². The maximum atomic E-state index is 4.31. The second-order valence-corrected chi connectivity index (χ2v) is 4.73. The molecule has 1 aromatic heterocycles. The highest BCUT2D eigenvalue weighted by Gasteiger charge is 2.17. The third kappa shape index (κ3) is 2.61. The van der Waals surface area contributed by atoms with Gasteiger partial charge in [0.15, 0.2) is 0 Å². The summed E-state index contributed by atoms with van der Waals surface area (Å²) in [5.74, 6) is 2.97. The summed E-state index contributed by atoms with van der Waals surface area (Å²) in [6.45, 7) is 7.61. The molecule has 1 aliphatic heterocycles. The Morgan fingerprint density at radius 3 is 3.00 bits per heavy atom. The van der Waals surface area contributed by atoms with E-state index in [4.69, 9.17) is 0 Å². The number of aryl methyl sites for hydroxylation is 1. The molecule has 1 unspecified atom stereocenters. The minimum absolute atomic E-state index is 0.743. The van der Waals surface area contributed by atoms with Gasteiger partial charge in [0.1, 0.15) is 11.6 Å². The topological polar surface area (TPSA) is 42.7 Å². The molecular formula is C12H22N4. The summed E-state index contributed by atoms with van der Waals surface area (Å²) >= 11 is 0. The molecule has 1 N–H and O–H groups in total. The Labute approximate surface area is 97.5 Å². The molecular weight excluding hydrogens is 200 g/mol. The van der Waals surface area contributed by atoms with Crippen LogP contribution < -0.4 is 5.32 Å². The zero-order chi connectivity index (χ0) is 11.4. The van der Waals surface area contributed by atoms with Gasteiger partial charge in [-0.25, -0.2) is 0 Å². The van der Waals surface area contributed by atoms with Crippen molar-refractivity contribution in [3.05, 3.63) is 11.6 Å². The van der Waals surface area contributed by atoms with Crippen LogP contribution in [0.5, 0.6) is 0 Å². The fourth-order valence-corrected chi connectivity index (χ4v) is 2.45. The van der Waals surface area contributed by atoms with Gasteiger partial charge in [-0.3, -0.25) is 0 Å². The Kier molecular flexibility index (Phi) is 3.93. The average molecular weight is 222 g/mol. The molecule has 1 saturated heterocycles. The molecule has 0 aromatic carbocycles. The molecule has 1 atom stereocenters. The maximum Gasteiger partial charge on any atom is 0.133 e. The first-order chi connectivity index (χ1) is 7.81. The van der Waals surface area contributed by atoms with Crippen molar-refractivity contribution in [1.29, 1.82) is 0 Å². The highest BCUT2D eigenvalue weighted by Crippen LogP contribution is 2.16. The van der Waals surface area contributed by atoms with Gasteiger partial charge in [0, 0.05) is 13.0 Å². The van der Waals surface area contributed by atoms with Gasteiger partial charge in [0.05, 0.1) is 0 Å². The highest BCUT2D eigenvalue weighted by molar-refractivity contribution is 4.96. The normalized spacial score (nSPS) is 21.2. The number of piperidine rings is 1. The summed E-state index contributed by atoms with van der Waals surface area (Å²) in [4.78, 5) is 0. The van der Waals surface area contributed by atoms with Gasteiger partial charge in [-0.2, -0.15) is 0 Å². The van der Waals surface area contributed by atoms with Crippen LogP contribution in [-0.4, -0.2) is 27.9 Å². The van der Waals surface area contributed by atoms with Crippen molar-refractivity contribution in [2.24, 2.45) is 5.92 Å². The predicted octanol–water partition coefficient (Wildman–Crippen LogP) is 1.54. The third-order valence-electron chi connectivity index (χ3n) is 3.33. The molecule has 0 bridgehead atoms. The third-order valence-corrected chi connectivity index (χ3v) is 3.33. The fourth-order valence-electron chi connectivity index (χ4n) is 2.45. The summed E-state index contributed by atoms with van der Waals surface area (Å²) in [6, 6.07) is 0. The SMILES string of the molecule is CCCn1c(C)nnc1CC1CCCNC1. The first-order valence-corrected chi connectivity index (χ1v) is 6.40. The Bertz CT molecular complexity index is 326. The van der Waals surface area contributed by atoms with Crippen molar-refractivity contribution in [1.82, 2.24) is 20.1 Å². The van der Waals surface area contributed by atoms with Gasteiger partial charge >= 0.3 is 0 Å². The Morgan fingerprint density at radius 2 is 2.31 bits per heavy atom. The number of hydrogen-bond donors (Lipinski definition) is 1. The van der Waals surface area contributed by atoms with Crippen LogP contribution in [0, 0.1) is 12.8 Å². The molecule has 0 aliphatic carbocycles. The van der Waals surface area contributed by atoms with Crippen LogP contribution in [0.1, 0.15) is 37.8 Å². The molecule has 90 valence electrons. The molecule has 0 spiro atoms. The van der Waals surface area contributed by atoms with Crippen molar-refractivity contribution in [2.75, 3.05) is 13.1 Å². The smallest absolute Gasteiger partial charge is 0.133 e. The van der Waals surface area contributed by atoms with Crippen molar-refractivity contribution >= 4 is 0 Å². The minimum atomic E-state index is 0.743. The second-order valence-electron chi connectivity index (χ2n) is 4.73. The van der Waals surface area contributed by atoms with Crippen LogP contribution in [0.3, 0.4) is 0 Å². The Hall–Kier alpha value is -0.900. The molecule has 0 saturated carbocycles. The summed E-state index contributed by atoms with van der Waals surface area (Å²) in [7, 11) is 0. The maximum absolute atomic E-state index is 4.31. The minimum Gasteiger partial charge on any atom is -0.316 e. The van der Waals surface area contributed by atoms with Crippen molar-refractivity contribution < 1.29 is 0 Å². The molecule has 1 fully saturated rings. The lowest BCUT2D eigenvalue weighted by molar-refractivity contribution is 0.365. The standard InChI is InChI=1S/C12H22N4/c1-3-7-16-10(2)14-15-12(16)8-11-5-4-6-13-9-11/h11,13H,3-9H2,1-2H3. The largest absolute Gasteiger partial charge is 0.316 e. The van der Waals surface area contributed by atoms with Gasteiger partial charge in [0.25, 0.3) is 0 Å². The first-order valence-electron chi connectivity index (χ1n) is 6.40. The van der Waals surface area contributed by atoms with E-state index in [0.717, 1.165) is 37.7 Å². The molecule has 4 heteroatoms. The van der Waals surface area contributed by atoms with Crippen molar-refractivity contribution in [3.8, 4) is 0 Å². The summed E-state index contributed by atoms with van der Waals surface area (Å²) in [5.41, 5.74) is 0. The van der Waals surface area contributed by atoms with E-state index < -0.39 is 0 Å². The zero-order valence-electron chi connectivity index (χ0n) is 10.4. The van der Waals surface area contributed by atoms with Gasteiger partial charge in [-0.1, -0.05) is 6.92 Å². The second kappa shape index (κ2) is 5.43. The Morgan fingerprint density at radius 1 is 1.44 bits per heavy atom.